The Labute approximate surface area is 83.8 Å². The highest BCUT2D eigenvalue weighted by molar-refractivity contribution is 7.82. The first-order valence-corrected chi connectivity index (χ1v) is 4.92. The van der Waals surface area contributed by atoms with Crippen LogP contribution in [0.2, 0.25) is 0 Å². The molecule has 0 saturated heterocycles. The Morgan fingerprint density at radius 3 is 1.80 bits per heavy atom. The topological polar surface area (TPSA) is 105 Å². The maximum absolute atomic E-state index is 11.1. The number of hydrogen-bond donors (Lipinski definition) is 0. The molecule has 2 heterocycles. The van der Waals surface area contributed by atoms with Crippen LogP contribution >= 0.6 is 0 Å². The third kappa shape index (κ3) is 2.47. The van der Waals surface area contributed by atoms with Crippen LogP contribution in [0.5, 0.6) is 12.2 Å². The van der Waals surface area contributed by atoms with Crippen molar-refractivity contribution in [2.75, 3.05) is 0 Å². The Balaban J connectivity index is 2.08. The molecule has 0 unspecified atom stereocenters. The summed E-state index contributed by atoms with van der Waals surface area (Å²) in [6.45, 7) is 0. The van der Waals surface area contributed by atoms with Crippen molar-refractivity contribution >= 4 is 10.4 Å². The van der Waals surface area contributed by atoms with Gasteiger partial charge in [-0.05, 0) is 0 Å². The highest BCUT2D eigenvalue weighted by Gasteiger charge is 2.20. The van der Waals surface area contributed by atoms with E-state index in [2.05, 4.69) is 27.2 Å². The molecule has 0 fully saturated rings. The molecule has 2 rings (SSSR count). The van der Waals surface area contributed by atoms with E-state index < -0.39 is 22.6 Å². The molecule has 0 spiro atoms. The third-order valence-electron chi connectivity index (χ3n) is 1.17. The Bertz CT molecular complexity index is 460. The van der Waals surface area contributed by atoms with Gasteiger partial charge in [-0.25, -0.2) is 0 Å². The molecule has 2 aromatic rings. The van der Waals surface area contributed by atoms with Gasteiger partial charge in [0, 0.05) is 0 Å². The van der Waals surface area contributed by atoms with Crippen molar-refractivity contribution in [1.29, 1.82) is 0 Å². The van der Waals surface area contributed by atoms with Crippen molar-refractivity contribution in [3.63, 3.8) is 0 Å². The molecule has 9 heteroatoms. The van der Waals surface area contributed by atoms with Crippen LogP contribution in [0.15, 0.2) is 33.8 Å². The lowest BCUT2D eigenvalue weighted by Crippen LogP contribution is -2.16. The number of hydrogen-bond acceptors (Lipinski definition) is 8. The Morgan fingerprint density at radius 1 is 1.00 bits per heavy atom. The zero-order chi connectivity index (χ0) is 10.7. The second-order valence-corrected chi connectivity index (χ2v) is 3.32. The van der Waals surface area contributed by atoms with E-state index in [0.29, 0.717) is 0 Å². The first kappa shape index (κ1) is 9.52. The summed E-state index contributed by atoms with van der Waals surface area (Å²) in [7, 11) is -4.34. The average molecular weight is 232 g/mol. The second kappa shape index (κ2) is 3.61. The van der Waals surface area contributed by atoms with Gasteiger partial charge in [0.15, 0.2) is 0 Å². The maximum Gasteiger partial charge on any atom is 0.508 e. The summed E-state index contributed by atoms with van der Waals surface area (Å²) in [6, 6.07) is 0. The number of oxazole rings is 2. The van der Waals surface area contributed by atoms with E-state index in [1.165, 1.54) is 12.4 Å². The number of aromatic nitrogens is 2. The lowest BCUT2D eigenvalue weighted by atomic mass is 11.0. The molecule has 0 aliphatic carbocycles. The quantitative estimate of drug-likeness (QED) is 0.744. The van der Waals surface area contributed by atoms with Gasteiger partial charge in [0.1, 0.15) is 12.5 Å². The normalized spacial score (nSPS) is 11.2. The maximum atomic E-state index is 11.1. The van der Waals surface area contributed by atoms with Gasteiger partial charge in [0.2, 0.25) is 0 Å². The molecule has 8 nitrogen and oxygen atoms in total. The molecule has 0 aliphatic heterocycles. The van der Waals surface area contributed by atoms with E-state index in [1.807, 2.05) is 0 Å². The van der Waals surface area contributed by atoms with Gasteiger partial charge >= 0.3 is 22.6 Å². The molecule has 0 aromatic carbocycles. The number of rotatable bonds is 4. The summed E-state index contributed by atoms with van der Waals surface area (Å²) in [4.78, 5) is 6.86. The Kier molecular flexibility index (Phi) is 2.29. The zero-order valence-electron chi connectivity index (χ0n) is 7.06. The molecule has 15 heavy (non-hydrogen) atoms. The highest BCUT2D eigenvalue weighted by atomic mass is 32.3. The van der Waals surface area contributed by atoms with Crippen LogP contribution in [0.3, 0.4) is 0 Å². The predicted octanol–water partition coefficient (Wildman–Crippen LogP) is 0.365. The fourth-order valence-corrected chi connectivity index (χ4v) is 1.24. The van der Waals surface area contributed by atoms with Crippen LogP contribution in [0, 0.1) is 0 Å². The van der Waals surface area contributed by atoms with Gasteiger partial charge in [-0.3, -0.25) is 8.37 Å². The van der Waals surface area contributed by atoms with Crippen molar-refractivity contribution in [2.24, 2.45) is 0 Å². The summed E-state index contributed by atoms with van der Waals surface area (Å²) in [5, 5.41) is 0. The van der Waals surface area contributed by atoms with E-state index >= 15 is 0 Å². The second-order valence-electron chi connectivity index (χ2n) is 2.17. The predicted molar refractivity (Wildman–Crippen MR) is 43.2 cm³/mol. The summed E-state index contributed by atoms with van der Waals surface area (Å²) in [5.74, 6) is 0. The molecule has 0 radical (unpaired) electrons. The standard InChI is InChI=1S/C6H4N2O6S/c9-15(10,13-5-7-1-3-11-5)14-6-8-2-4-12-6/h1-4H. The first-order chi connectivity index (χ1) is 7.16. The highest BCUT2D eigenvalue weighted by Crippen LogP contribution is 2.13. The summed E-state index contributed by atoms with van der Waals surface area (Å²) < 4.78 is 39.9. The van der Waals surface area contributed by atoms with Crippen LogP contribution in [0.25, 0.3) is 0 Å². The van der Waals surface area contributed by atoms with Crippen LogP contribution in [0.1, 0.15) is 0 Å². The van der Waals surface area contributed by atoms with Gasteiger partial charge in [0.05, 0.1) is 12.4 Å². The fraction of sp³-hybridized carbons (Fsp3) is 0. The molecular weight excluding hydrogens is 228 g/mol. The monoisotopic (exact) mass is 232 g/mol. The first-order valence-electron chi connectivity index (χ1n) is 3.58. The molecule has 2 aromatic heterocycles. The molecular formula is C6H4N2O6S. The van der Waals surface area contributed by atoms with Crippen LogP contribution < -0.4 is 8.37 Å². The molecule has 0 amide bonds. The van der Waals surface area contributed by atoms with Gasteiger partial charge < -0.3 is 8.83 Å². The lowest BCUT2D eigenvalue weighted by molar-refractivity contribution is 0.295. The molecule has 80 valence electrons. The summed E-state index contributed by atoms with van der Waals surface area (Å²) in [5.41, 5.74) is 0. The van der Waals surface area contributed by atoms with Crippen molar-refractivity contribution in [3.05, 3.63) is 24.9 Å². The van der Waals surface area contributed by atoms with Crippen LogP contribution in [-0.4, -0.2) is 18.4 Å². The van der Waals surface area contributed by atoms with Crippen LogP contribution in [-0.2, 0) is 10.4 Å². The van der Waals surface area contributed by atoms with Crippen molar-refractivity contribution in [3.8, 4) is 12.2 Å². The zero-order valence-corrected chi connectivity index (χ0v) is 7.88. The van der Waals surface area contributed by atoms with Crippen LogP contribution in [0.4, 0.5) is 0 Å². The van der Waals surface area contributed by atoms with Gasteiger partial charge in [-0.2, -0.15) is 9.97 Å². The van der Waals surface area contributed by atoms with E-state index in [1.54, 1.807) is 0 Å². The third-order valence-corrected chi connectivity index (χ3v) is 1.86. The summed E-state index contributed by atoms with van der Waals surface area (Å²) in [6.07, 6.45) is 3.82. The van der Waals surface area contributed by atoms with Crippen molar-refractivity contribution < 1.29 is 25.6 Å². The van der Waals surface area contributed by atoms with Crippen molar-refractivity contribution in [1.82, 2.24) is 9.97 Å². The van der Waals surface area contributed by atoms with Gasteiger partial charge in [-0.15, -0.1) is 8.42 Å². The molecule has 0 aliphatic rings. The minimum Gasteiger partial charge on any atom is -0.417 e. The van der Waals surface area contributed by atoms with E-state index in [0.717, 1.165) is 12.5 Å². The van der Waals surface area contributed by atoms with Gasteiger partial charge in [-0.1, -0.05) is 0 Å². The minimum atomic E-state index is -4.34. The molecule has 0 bridgehead atoms. The smallest absolute Gasteiger partial charge is 0.417 e. The van der Waals surface area contributed by atoms with E-state index in [9.17, 15) is 8.42 Å². The van der Waals surface area contributed by atoms with Gasteiger partial charge in [0.25, 0.3) is 0 Å². The fourth-order valence-electron chi connectivity index (χ4n) is 0.695. The lowest BCUT2D eigenvalue weighted by Gasteiger charge is -1.99. The molecule has 0 saturated carbocycles. The average Bonchev–Trinajstić information content (AvgIpc) is 2.75. The number of nitrogens with zero attached hydrogens (tertiary/aromatic N) is 2. The van der Waals surface area contributed by atoms with Crippen molar-refractivity contribution in [2.45, 2.75) is 0 Å². The van der Waals surface area contributed by atoms with E-state index in [4.69, 9.17) is 0 Å². The SMILES string of the molecule is O=S(=O)(Oc1ncco1)Oc1ncco1. The molecule has 0 N–H and O–H groups in total. The molecule has 0 atom stereocenters. The largest absolute Gasteiger partial charge is 0.508 e. The van der Waals surface area contributed by atoms with E-state index in [-0.39, 0.29) is 0 Å². The summed E-state index contributed by atoms with van der Waals surface area (Å²) >= 11 is 0. The Morgan fingerprint density at radius 2 is 1.47 bits per heavy atom. The Hall–Kier alpha value is -2.03. The minimum absolute atomic E-state index is 0.457.